The highest BCUT2D eigenvalue weighted by Gasteiger charge is 2.30. The SMILES string of the molecule is C/C=C/C1CCC(/C=C/C2CCC(C3CCC(OC)CC3)CC2)CC1. The third kappa shape index (κ3) is 5.71. The smallest absolute Gasteiger partial charge is 0.0571 e. The zero-order valence-corrected chi connectivity index (χ0v) is 16.7. The number of allylic oxidation sites excluding steroid dienone is 4. The minimum absolute atomic E-state index is 0.554. The van der Waals surface area contributed by atoms with Gasteiger partial charge in [-0.05, 0) is 114 Å². The summed E-state index contributed by atoms with van der Waals surface area (Å²) in [5, 5.41) is 0. The molecule has 0 heterocycles. The largest absolute Gasteiger partial charge is 0.381 e. The van der Waals surface area contributed by atoms with Gasteiger partial charge in [0, 0.05) is 7.11 Å². The minimum Gasteiger partial charge on any atom is -0.381 e. The maximum atomic E-state index is 5.54. The molecule has 0 saturated heterocycles. The van der Waals surface area contributed by atoms with Crippen LogP contribution in [0.5, 0.6) is 0 Å². The Hall–Kier alpha value is -0.560. The van der Waals surface area contributed by atoms with Gasteiger partial charge < -0.3 is 4.74 Å². The van der Waals surface area contributed by atoms with Crippen molar-refractivity contribution in [1.29, 1.82) is 0 Å². The summed E-state index contributed by atoms with van der Waals surface area (Å²) in [6.07, 6.45) is 27.3. The van der Waals surface area contributed by atoms with Gasteiger partial charge in [0.1, 0.15) is 0 Å². The fourth-order valence-electron chi connectivity index (χ4n) is 5.72. The lowest BCUT2D eigenvalue weighted by molar-refractivity contribution is 0.0405. The lowest BCUT2D eigenvalue weighted by Gasteiger charge is -2.37. The summed E-state index contributed by atoms with van der Waals surface area (Å²) in [4.78, 5) is 0. The normalized spacial score (nSPS) is 40.7. The van der Waals surface area contributed by atoms with Crippen LogP contribution in [0.15, 0.2) is 24.3 Å². The van der Waals surface area contributed by atoms with Crippen LogP contribution < -0.4 is 0 Å². The quantitative estimate of drug-likeness (QED) is 0.491. The van der Waals surface area contributed by atoms with Gasteiger partial charge in [-0.1, -0.05) is 24.3 Å². The second-order valence-electron chi connectivity index (χ2n) is 9.03. The van der Waals surface area contributed by atoms with E-state index < -0.39 is 0 Å². The lowest BCUT2D eigenvalue weighted by atomic mass is 9.70. The highest BCUT2D eigenvalue weighted by Crippen LogP contribution is 2.41. The Morgan fingerprint density at radius 3 is 1.40 bits per heavy atom. The molecule has 0 aromatic rings. The lowest BCUT2D eigenvalue weighted by Crippen LogP contribution is -2.27. The fourth-order valence-corrected chi connectivity index (χ4v) is 5.72. The van der Waals surface area contributed by atoms with Crippen LogP contribution in [0.2, 0.25) is 0 Å². The predicted octanol–water partition coefficient (Wildman–Crippen LogP) is 6.94. The standard InChI is InChI=1S/C24H40O/c1-3-4-19-5-7-20(8-6-19)9-10-21-11-13-22(14-12-21)23-15-17-24(25-2)18-16-23/h3-4,9-10,19-24H,5-8,11-18H2,1-2H3/b4-3+,10-9+. The molecule has 0 aliphatic heterocycles. The number of methoxy groups -OCH3 is 1. The molecule has 0 bridgehead atoms. The molecule has 0 aromatic heterocycles. The van der Waals surface area contributed by atoms with E-state index in [0.717, 1.165) is 29.6 Å². The van der Waals surface area contributed by atoms with E-state index in [1.165, 1.54) is 77.0 Å². The number of ether oxygens (including phenoxy) is 1. The van der Waals surface area contributed by atoms with Crippen LogP contribution in [0.3, 0.4) is 0 Å². The van der Waals surface area contributed by atoms with Crippen LogP contribution >= 0.6 is 0 Å². The van der Waals surface area contributed by atoms with E-state index in [4.69, 9.17) is 4.74 Å². The van der Waals surface area contributed by atoms with Gasteiger partial charge in [-0.3, -0.25) is 0 Å². The Morgan fingerprint density at radius 2 is 0.960 bits per heavy atom. The van der Waals surface area contributed by atoms with Crippen molar-refractivity contribution in [2.24, 2.45) is 29.6 Å². The maximum Gasteiger partial charge on any atom is 0.0571 e. The average Bonchev–Trinajstić information content (AvgIpc) is 2.68. The fraction of sp³-hybridized carbons (Fsp3) is 0.833. The van der Waals surface area contributed by atoms with E-state index in [1.54, 1.807) is 0 Å². The summed E-state index contributed by atoms with van der Waals surface area (Å²) < 4.78 is 5.54. The van der Waals surface area contributed by atoms with Crippen LogP contribution in [0.4, 0.5) is 0 Å². The molecule has 0 atom stereocenters. The highest BCUT2D eigenvalue weighted by molar-refractivity contribution is 4.98. The van der Waals surface area contributed by atoms with Crippen LogP contribution in [-0.2, 0) is 4.74 Å². The van der Waals surface area contributed by atoms with Gasteiger partial charge in [-0.25, -0.2) is 0 Å². The van der Waals surface area contributed by atoms with Crippen molar-refractivity contribution in [3.8, 4) is 0 Å². The molecule has 0 radical (unpaired) electrons. The Morgan fingerprint density at radius 1 is 0.560 bits per heavy atom. The molecule has 1 nitrogen and oxygen atoms in total. The summed E-state index contributed by atoms with van der Waals surface area (Å²) in [6.45, 7) is 2.16. The van der Waals surface area contributed by atoms with Crippen molar-refractivity contribution < 1.29 is 4.74 Å². The van der Waals surface area contributed by atoms with Crippen molar-refractivity contribution in [1.82, 2.24) is 0 Å². The van der Waals surface area contributed by atoms with Crippen molar-refractivity contribution in [2.75, 3.05) is 7.11 Å². The third-order valence-electron chi connectivity index (χ3n) is 7.47. The van der Waals surface area contributed by atoms with Crippen molar-refractivity contribution in [3.63, 3.8) is 0 Å². The summed E-state index contributed by atoms with van der Waals surface area (Å²) in [7, 11) is 1.88. The molecule has 0 N–H and O–H groups in total. The van der Waals surface area contributed by atoms with E-state index in [9.17, 15) is 0 Å². The molecule has 3 aliphatic rings. The van der Waals surface area contributed by atoms with E-state index in [0.29, 0.717) is 6.10 Å². The van der Waals surface area contributed by atoms with Crippen LogP contribution in [0.1, 0.15) is 84.0 Å². The molecule has 0 aromatic carbocycles. The van der Waals surface area contributed by atoms with Crippen LogP contribution in [0, 0.1) is 29.6 Å². The predicted molar refractivity (Wildman–Crippen MR) is 108 cm³/mol. The topological polar surface area (TPSA) is 9.23 Å². The molecule has 0 spiro atoms. The van der Waals surface area contributed by atoms with Gasteiger partial charge in [0.25, 0.3) is 0 Å². The van der Waals surface area contributed by atoms with Gasteiger partial charge in [-0.15, -0.1) is 0 Å². The van der Waals surface area contributed by atoms with Gasteiger partial charge >= 0.3 is 0 Å². The summed E-state index contributed by atoms with van der Waals surface area (Å²) in [5.41, 5.74) is 0. The summed E-state index contributed by atoms with van der Waals surface area (Å²) in [6, 6.07) is 0. The van der Waals surface area contributed by atoms with Crippen molar-refractivity contribution in [3.05, 3.63) is 24.3 Å². The Kier molecular flexibility index (Phi) is 7.65. The molecule has 3 saturated carbocycles. The van der Waals surface area contributed by atoms with Gasteiger partial charge in [0.2, 0.25) is 0 Å². The second-order valence-corrected chi connectivity index (χ2v) is 9.03. The molecule has 0 amide bonds. The Bertz CT molecular complexity index is 413. The van der Waals surface area contributed by atoms with E-state index in [2.05, 4.69) is 31.2 Å². The van der Waals surface area contributed by atoms with Crippen molar-refractivity contribution >= 4 is 0 Å². The van der Waals surface area contributed by atoms with Gasteiger partial charge in [0.15, 0.2) is 0 Å². The van der Waals surface area contributed by atoms with E-state index >= 15 is 0 Å². The molecule has 3 fully saturated rings. The van der Waals surface area contributed by atoms with Gasteiger partial charge in [0.05, 0.1) is 6.10 Å². The Balaban J connectivity index is 1.35. The highest BCUT2D eigenvalue weighted by atomic mass is 16.5. The first-order valence-corrected chi connectivity index (χ1v) is 11.1. The van der Waals surface area contributed by atoms with Gasteiger partial charge in [-0.2, -0.15) is 0 Å². The summed E-state index contributed by atoms with van der Waals surface area (Å²) in [5.74, 6) is 4.61. The van der Waals surface area contributed by atoms with Crippen LogP contribution in [-0.4, -0.2) is 13.2 Å². The van der Waals surface area contributed by atoms with Crippen molar-refractivity contribution in [2.45, 2.75) is 90.1 Å². The number of hydrogen-bond donors (Lipinski definition) is 0. The van der Waals surface area contributed by atoms with E-state index in [1.807, 2.05) is 7.11 Å². The summed E-state index contributed by atoms with van der Waals surface area (Å²) >= 11 is 0. The molecule has 0 unspecified atom stereocenters. The third-order valence-corrected chi connectivity index (χ3v) is 7.47. The monoisotopic (exact) mass is 344 g/mol. The van der Waals surface area contributed by atoms with E-state index in [-0.39, 0.29) is 0 Å². The second kappa shape index (κ2) is 9.95. The Labute approximate surface area is 156 Å². The van der Waals surface area contributed by atoms with Crippen LogP contribution in [0.25, 0.3) is 0 Å². The zero-order chi connectivity index (χ0) is 17.5. The molecule has 142 valence electrons. The molecular formula is C24H40O. The average molecular weight is 345 g/mol. The molecule has 3 aliphatic carbocycles. The first kappa shape index (κ1) is 19.2. The molecular weight excluding hydrogens is 304 g/mol. The first-order valence-electron chi connectivity index (χ1n) is 11.1. The molecule has 3 rings (SSSR count). The molecule has 1 heteroatoms. The number of hydrogen-bond acceptors (Lipinski definition) is 1. The maximum absolute atomic E-state index is 5.54. The zero-order valence-electron chi connectivity index (χ0n) is 16.7. The molecule has 25 heavy (non-hydrogen) atoms. The first-order chi connectivity index (χ1) is 12.3. The minimum atomic E-state index is 0.554. The number of rotatable bonds is 5.